The zero-order valence-electron chi connectivity index (χ0n) is 35.0. The average Bonchev–Trinajstić information content (AvgIpc) is 3.65. The molecule has 3 aliphatic rings. The van der Waals surface area contributed by atoms with Crippen LogP contribution in [0.1, 0.15) is 71.0 Å². The number of halogens is 1. The molecule has 2 aromatic heterocycles. The van der Waals surface area contributed by atoms with Gasteiger partial charge >= 0.3 is 12.1 Å². The van der Waals surface area contributed by atoms with Crippen molar-refractivity contribution < 1.29 is 52.5 Å². The molecule has 0 saturated heterocycles. The van der Waals surface area contributed by atoms with Gasteiger partial charge in [0.05, 0.1) is 49.2 Å². The lowest BCUT2D eigenvalue weighted by Crippen LogP contribution is -2.52. The predicted molar refractivity (Wildman–Crippen MR) is 222 cm³/mol. The van der Waals surface area contributed by atoms with Crippen LogP contribution in [0.4, 0.5) is 9.18 Å². The molecule has 18 nitrogen and oxygen atoms in total. The second-order valence-corrected chi connectivity index (χ2v) is 15.6. The van der Waals surface area contributed by atoms with Crippen LogP contribution in [0.3, 0.4) is 0 Å². The highest BCUT2D eigenvalue weighted by Gasteiger charge is 2.46. The van der Waals surface area contributed by atoms with Crippen LogP contribution in [0, 0.1) is 12.7 Å². The van der Waals surface area contributed by atoms with Gasteiger partial charge < -0.3 is 50.5 Å². The highest BCUT2D eigenvalue weighted by atomic mass is 19.1. The van der Waals surface area contributed by atoms with Gasteiger partial charge in [-0.25, -0.2) is 19.0 Å². The van der Waals surface area contributed by atoms with E-state index in [1.165, 1.54) is 6.07 Å². The van der Waals surface area contributed by atoms with E-state index in [1.807, 2.05) is 0 Å². The number of hydrogen-bond donors (Lipinski definition) is 6. The van der Waals surface area contributed by atoms with Gasteiger partial charge in [-0.1, -0.05) is 37.3 Å². The van der Waals surface area contributed by atoms with Gasteiger partial charge in [-0.2, -0.15) is 0 Å². The van der Waals surface area contributed by atoms with Crippen molar-refractivity contribution in [2.75, 3.05) is 40.1 Å². The summed E-state index contributed by atoms with van der Waals surface area (Å²) in [5.41, 5.74) is 3.20. The maximum Gasteiger partial charge on any atom is 0.407 e. The number of ether oxygens (including phenoxy) is 3. The number of cyclic esters (lactones) is 1. The third-order valence-electron chi connectivity index (χ3n) is 11.9. The number of carbonyl (C=O) groups excluding carboxylic acids is 6. The number of aromatic nitrogens is 2. The number of alkyl carbamates (subject to hydrolysis) is 1. The molecule has 7 rings (SSSR count). The molecule has 0 bridgehead atoms. The minimum atomic E-state index is -1.99. The van der Waals surface area contributed by atoms with Crippen LogP contribution < -0.4 is 32.1 Å². The van der Waals surface area contributed by atoms with Crippen LogP contribution >= 0.6 is 0 Å². The molecule has 332 valence electrons. The van der Waals surface area contributed by atoms with Crippen molar-refractivity contribution in [1.29, 1.82) is 0 Å². The summed E-state index contributed by atoms with van der Waals surface area (Å²) in [4.78, 5) is 93.4. The number of amides is 5. The Kier molecular flexibility index (Phi) is 13.2. The molecule has 2 aromatic carbocycles. The molecule has 0 fully saturated rings. The van der Waals surface area contributed by atoms with E-state index in [4.69, 9.17) is 14.5 Å². The van der Waals surface area contributed by atoms with E-state index in [0.717, 1.165) is 34.7 Å². The van der Waals surface area contributed by atoms with Crippen molar-refractivity contribution >= 4 is 46.6 Å². The van der Waals surface area contributed by atoms with Gasteiger partial charge in [-0.05, 0) is 66.8 Å². The van der Waals surface area contributed by atoms with Crippen molar-refractivity contribution in [1.82, 2.24) is 36.1 Å². The molecule has 1 aliphatic carbocycles. The molecule has 0 radical (unpaired) electrons. The summed E-state index contributed by atoms with van der Waals surface area (Å²) in [5, 5.41) is 24.4. The SMILES string of the molecule is CC[C@@]1(O)C(=O)OCc2c1cc1n(c2=O)Cc2c-1nc1cc(F)c(C)c3c1c2C(CCOCNC(=O)CNC(=O)[C@H](Cc1ccccc1)NC(=O)CNC(=O)CNC(=O)OC)CC3. The topological polar surface area (TPSA) is 245 Å². The Morgan fingerprint density at radius 1 is 0.984 bits per heavy atom. The molecule has 0 spiro atoms. The Labute approximate surface area is 360 Å². The van der Waals surface area contributed by atoms with Gasteiger partial charge in [-0.3, -0.25) is 24.0 Å². The molecule has 0 saturated carbocycles. The van der Waals surface area contributed by atoms with E-state index < -0.39 is 78.3 Å². The van der Waals surface area contributed by atoms with Crippen LogP contribution in [0.2, 0.25) is 0 Å². The number of esters is 1. The van der Waals surface area contributed by atoms with Crippen molar-refractivity contribution in [2.24, 2.45) is 0 Å². The number of nitrogens with zero attached hydrogens (tertiary/aromatic N) is 2. The summed E-state index contributed by atoms with van der Waals surface area (Å²) in [6.07, 6.45) is 1.03. The highest BCUT2D eigenvalue weighted by Crippen LogP contribution is 2.47. The van der Waals surface area contributed by atoms with E-state index in [9.17, 15) is 38.7 Å². The van der Waals surface area contributed by atoms with Crippen LogP contribution in [-0.4, -0.2) is 96.5 Å². The summed E-state index contributed by atoms with van der Waals surface area (Å²) in [7, 11) is 1.14. The second kappa shape index (κ2) is 18.7. The quantitative estimate of drug-likeness (QED) is 0.0468. The first-order valence-corrected chi connectivity index (χ1v) is 20.6. The van der Waals surface area contributed by atoms with Gasteiger partial charge in [0.25, 0.3) is 5.56 Å². The molecular weight excluding hydrogens is 822 g/mol. The normalized spacial score (nSPS) is 17.3. The Morgan fingerprint density at radius 2 is 1.71 bits per heavy atom. The Bertz CT molecular complexity index is 2570. The van der Waals surface area contributed by atoms with Gasteiger partial charge in [0.2, 0.25) is 23.6 Å². The van der Waals surface area contributed by atoms with Gasteiger partial charge in [0.15, 0.2) is 5.60 Å². The number of aliphatic hydroxyl groups is 1. The van der Waals surface area contributed by atoms with Crippen molar-refractivity contribution in [3.8, 4) is 11.4 Å². The molecular formula is C44H48FN7O11. The first-order valence-electron chi connectivity index (χ1n) is 20.6. The van der Waals surface area contributed by atoms with Crippen molar-refractivity contribution in [3.63, 3.8) is 0 Å². The molecule has 63 heavy (non-hydrogen) atoms. The van der Waals surface area contributed by atoms with Crippen molar-refractivity contribution in [2.45, 2.75) is 76.7 Å². The first kappa shape index (κ1) is 44.3. The third-order valence-corrected chi connectivity index (χ3v) is 11.9. The second-order valence-electron chi connectivity index (χ2n) is 15.6. The number of rotatable bonds is 16. The van der Waals surface area contributed by atoms with E-state index in [2.05, 4.69) is 31.3 Å². The predicted octanol–water partition coefficient (Wildman–Crippen LogP) is 1.35. The van der Waals surface area contributed by atoms with Crippen molar-refractivity contribution in [3.05, 3.63) is 97.6 Å². The lowest BCUT2D eigenvalue weighted by atomic mass is 9.77. The summed E-state index contributed by atoms with van der Waals surface area (Å²) in [6.45, 7) is 2.02. The zero-order valence-corrected chi connectivity index (χ0v) is 35.0. The smallest absolute Gasteiger partial charge is 0.407 e. The third kappa shape index (κ3) is 9.10. The fraction of sp³-hybridized carbons (Fsp3) is 0.409. The van der Waals surface area contributed by atoms with Crippen LogP contribution in [0.5, 0.6) is 0 Å². The van der Waals surface area contributed by atoms with Crippen LogP contribution in [0.15, 0.2) is 47.3 Å². The first-order chi connectivity index (χ1) is 30.2. The monoisotopic (exact) mass is 869 g/mol. The Morgan fingerprint density at radius 3 is 2.46 bits per heavy atom. The maximum atomic E-state index is 15.3. The minimum absolute atomic E-state index is 0.00414. The van der Waals surface area contributed by atoms with Gasteiger partial charge in [0, 0.05) is 35.6 Å². The molecule has 4 heterocycles. The highest BCUT2D eigenvalue weighted by molar-refractivity contribution is 5.94. The molecule has 5 amide bonds. The number of aryl methyl sites for hydroxylation is 1. The largest absolute Gasteiger partial charge is 0.458 e. The lowest BCUT2D eigenvalue weighted by Gasteiger charge is -2.31. The number of hydrogen-bond acceptors (Lipinski definition) is 12. The number of fused-ring (bicyclic) bond motifs is 5. The number of nitrogens with one attached hydrogen (secondary N) is 5. The number of pyridine rings is 2. The average molecular weight is 870 g/mol. The van der Waals surface area contributed by atoms with Gasteiger partial charge in [0.1, 0.15) is 31.7 Å². The molecule has 2 aliphatic heterocycles. The Hall–Kier alpha value is -6.73. The summed E-state index contributed by atoms with van der Waals surface area (Å²) in [5.74, 6) is -3.83. The summed E-state index contributed by atoms with van der Waals surface area (Å²) < 4.78 is 32.3. The van der Waals surface area contributed by atoms with E-state index in [0.29, 0.717) is 41.7 Å². The summed E-state index contributed by atoms with van der Waals surface area (Å²) in [6, 6.07) is 10.8. The van der Waals surface area contributed by atoms with Gasteiger partial charge in [-0.15, -0.1) is 0 Å². The lowest BCUT2D eigenvalue weighted by molar-refractivity contribution is -0.172. The number of carbonyl (C=O) groups is 6. The summed E-state index contributed by atoms with van der Waals surface area (Å²) >= 11 is 0. The number of benzene rings is 2. The Balaban J connectivity index is 0.976. The molecule has 19 heteroatoms. The van der Waals surface area contributed by atoms with Crippen LogP contribution in [-0.2, 0) is 69.8 Å². The minimum Gasteiger partial charge on any atom is -0.458 e. The number of methoxy groups -OCH3 is 1. The zero-order chi connectivity index (χ0) is 45.0. The molecule has 6 N–H and O–H groups in total. The molecule has 4 aromatic rings. The molecule has 3 atom stereocenters. The van der Waals surface area contributed by atoms with Crippen LogP contribution in [0.25, 0.3) is 22.3 Å². The fourth-order valence-electron chi connectivity index (χ4n) is 8.49. The van der Waals surface area contributed by atoms with E-state index in [1.54, 1.807) is 54.8 Å². The molecule has 1 unspecified atom stereocenters. The van der Waals surface area contributed by atoms with E-state index >= 15 is 4.39 Å². The standard InChI is InChI=1S/C44H48FN7O11/c1-4-44(60)29-15-33-39-27(20-52(33)41(57)28(29)21-63-42(44)58)37-25(10-11-26-23(2)30(45)16-31(51-39)38(26)37)12-13-62-22-49-35(54)17-47-40(56)32(14-24-8-6-5-7-9-24)50-36(55)19-46-34(53)18-48-43(59)61-3/h5-9,15-16,25,32,60H,4,10-14,17-22H2,1-3H3,(H,46,53)(H,47,56)(H,48,59)(H,49,54)(H,50,55)/t25?,32-,44-/m0/s1. The van der Waals surface area contributed by atoms with E-state index in [-0.39, 0.29) is 56.4 Å². The maximum absolute atomic E-state index is 15.3. The fourth-order valence-corrected chi connectivity index (χ4v) is 8.49.